The van der Waals surface area contributed by atoms with E-state index < -0.39 is 0 Å². The van der Waals surface area contributed by atoms with Gasteiger partial charge in [-0.15, -0.1) is 0 Å². The fourth-order valence-corrected chi connectivity index (χ4v) is 2.65. The van der Waals surface area contributed by atoms with Gasteiger partial charge in [0.05, 0.1) is 18.1 Å². The molecule has 6 nitrogen and oxygen atoms in total. The molecule has 1 aromatic heterocycles. The Labute approximate surface area is 123 Å². The fraction of sp³-hybridized carbons (Fsp3) is 0.400. The summed E-state index contributed by atoms with van der Waals surface area (Å²) in [6, 6.07) is 7.75. The Morgan fingerprint density at radius 2 is 1.71 bits per heavy atom. The predicted molar refractivity (Wildman–Crippen MR) is 79.9 cm³/mol. The third-order valence-electron chi connectivity index (χ3n) is 3.93. The maximum absolute atomic E-state index is 12.2. The van der Waals surface area contributed by atoms with Crippen molar-refractivity contribution >= 4 is 11.6 Å². The summed E-state index contributed by atoms with van der Waals surface area (Å²) in [6.45, 7) is 0. The van der Waals surface area contributed by atoms with Gasteiger partial charge in [-0.25, -0.2) is 0 Å². The standard InChI is InChI=1S/C15H19N5O/c16-12-3-1-11(2-4-12)15(21)19-13-5-7-14(8-6-13)20-17-9-10-18-20/h5-12H,1-4,16H2,(H,19,21). The van der Waals surface area contributed by atoms with E-state index in [1.165, 1.54) is 4.80 Å². The Bertz CT molecular complexity index is 585. The van der Waals surface area contributed by atoms with Crippen molar-refractivity contribution in [3.63, 3.8) is 0 Å². The molecule has 21 heavy (non-hydrogen) atoms. The van der Waals surface area contributed by atoms with Crippen LogP contribution in [0, 0.1) is 5.92 Å². The van der Waals surface area contributed by atoms with Crippen LogP contribution in [-0.4, -0.2) is 26.9 Å². The number of carbonyl (C=O) groups is 1. The minimum atomic E-state index is 0.0808. The summed E-state index contributed by atoms with van der Waals surface area (Å²) in [5.41, 5.74) is 7.53. The highest BCUT2D eigenvalue weighted by molar-refractivity contribution is 5.92. The lowest BCUT2D eigenvalue weighted by molar-refractivity contribution is -0.120. The van der Waals surface area contributed by atoms with Crippen LogP contribution in [0.2, 0.25) is 0 Å². The Hall–Kier alpha value is -2.21. The molecule has 0 radical (unpaired) electrons. The van der Waals surface area contributed by atoms with E-state index in [2.05, 4.69) is 15.5 Å². The monoisotopic (exact) mass is 285 g/mol. The molecular weight excluding hydrogens is 266 g/mol. The highest BCUT2D eigenvalue weighted by atomic mass is 16.1. The van der Waals surface area contributed by atoms with Gasteiger partial charge in [-0.3, -0.25) is 4.79 Å². The van der Waals surface area contributed by atoms with Crippen LogP contribution >= 0.6 is 0 Å². The SMILES string of the molecule is NC1CCC(C(=O)Nc2ccc(-n3nccn3)cc2)CC1. The summed E-state index contributed by atoms with van der Waals surface area (Å²) in [5, 5.41) is 11.1. The molecule has 0 saturated heterocycles. The maximum atomic E-state index is 12.2. The van der Waals surface area contributed by atoms with E-state index in [1.807, 2.05) is 24.3 Å². The van der Waals surface area contributed by atoms with Gasteiger partial charge in [0.2, 0.25) is 5.91 Å². The van der Waals surface area contributed by atoms with E-state index in [0.29, 0.717) is 0 Å². The number of nitrogens with one attached hydrogen (secondary N) is 1. The molecule has 1 amide bonds. The number of hydrogen-bond acceptors (Lipinski definition) is 4. The number of benzene rings is 1. The highest BCUT2D eigenvalue weighted by Crippen LogP contribution is 2.24. The van der Waals surface area contributed by atoms with Crippen molar-refractivity contribution in [2.45, 2.75) is 31.7 Å². The molecule has 1 saturated carbocycles. The molecule has 0 spiro atoms. The van der Waals surface area contributed by atoms with Crippen LogP contribution in [0.25, 0.3) is 5.69 Å². The average molecular weight is 285 g/mol. The number of nitrogens with two attached hydrogens (primary N) is 1. The zero-order valence-corrected chi connectivity index (χ0v) is 11.8. The van der Waals surface area contributed by atoms with E-state index in [1.54, 1.807) is 12.4 Å². The molecule has 3 rings (SSSR count). The first kappa shape index (κ1) is 13.8. The van der Waals surface area contributed by atoms with Crippen LogP contribution in [0.3, 0.4) is 0 Å². The third-order valence-corrected chi connectivity index (χ3v) is 3.93. The van der Waals surface area contributed by atoms with Crippen molar-refractivity contribution in [2.24, 2.45) is 11.7 Å². The maximum Gasteiger partial charge on any atom is 0.227 e. The van der Waals surface area contributed by atoms with Crippen molar-refractivity contribution in [3.05, 3.63) is 36.7 Å². The lowest BCUT2D eigenvalue weighted by Crippen LogP contribution is -2.32. The first-order valence-electron chi connectivity index (χ1n) is 7.25. The van der Waals surface area contributed by atoms with Crippen LogP contribution in [0.15, 0.2) is 36.7 Å². The molecule has 0 unspecified atom stereocenters. The minimum absolute atomic E-state index is 0.0808. The van der Waals surface area contributed by atoms with E-state index >= 15 is 0 Å². The van der Waals surface area contributed by atoms with E-state index in [4.69, 9.17) is 5.73 Å². The fourth-order valence-electron chi connectivity index (χ4n) is 2.65. The molecule has 6 heteroatoms. The summed E-state index contributed by atoms with van der Waals surface area (Å²) in [6.07, 6.45) is 6.88. The summed E-state index contributed by atoms with van der Waals surface area (Å²) in [4.78, 5) is 13.7. The molecular formula is C15H19N5O. The predicted octanol–water partition coefficient (Wildman–Crippen LogP) is 1.72. The first-order chi connectivity index (χ1) is 10.2. The van der Waals surface area contributed by atoms with Crippen LogP contribution < -0.4 is 11.1 Å². The van der Waals surface area contributed by atoms with Gasteiger partial charge < -0.3 is 11.1 Å². The molecule has 0 atom stereocenters. The van der Waals surface area contributed by atoms with Crippen molar-refractivity contribution in [1.82, 2.24) is 15.0 Å². The topological polar surface area (TPSA) is 85.8 Å². The molecule has 1 fully saturated rings. The highest BCUT2D eigenvalue weighted by Gasteiger charge is 2.24. The van der Waals surface area contributed by atoms with Gasteiger partial charge in [0, 0.05) is 17.6 Å². The van der Waals surface area contributed by atoms with Gasteiger partial charge in [0.15, 0.2) is 0 Å². The number of aromatic nitrogens is 3. The largest absolute Gasteiger partial charge is 0.328 e. The Morgan fingerprint density at radius 1 is 1.10 bits per heavy atom. The third kappa shape index (κ3) is 3.28. The molecule has 1 heterocycles. The Morgan fingerprint density at radius 3 is 2.33 bits per heavy atom. The molecule has 1 aliphatic rings. The summed E-state index contributed by atoms with van der Waals surface area (Å²) >= 11 is 0. The van der Waals surface area contributed by atoms with Crippen molar-refractivity contribution in [3.8, 4) is 5.69 Å². The quantitative estimate of drug-likeness (QED) is 0.899. The van der Waals surface area contributed by atoms with Gasteiger partial charge in [-0.05, 0) is 49.9 Å². The Kier molecular flexibility index (Phi) is 3.96. The molecule has 3 N–H and O–H groups in total. The van der Waals surface area contributed by atoms with Crippen molar-refractivity contribution in [2.75, 3.05) is 5.32 Å². The second-order valence-corrected chi connectivity index (χ2v) is 5.47. The summed E-state index contributed by atoms with van der Waals surface area (Å²) in [7, 11) is 0. The molecule has 1 aromatic carbocycles. The van der Waals surface area contributed by atoms with Gasteiger partial charge in [0.1, 0.15) is 0 Å². The van der Waals surface area contributed by atoms with Crippen molar-refractivity contribution in [1.29, 1.82) is 0 Å². The number of carbonyl (C=O) groups excluding carboxylic acids is 1. The second-order valence-electron chi connectivity index (χ2n) is 5.47. The summed E-state index contributed by atoms with van der Waals surface area (Å²) in [5.74, 6) is 0.170. The molecule has 110 valence electrons. The van der Waals surface area contributed by atoms with Crippen LogP contribution in [0.4, 0.5) is 5.69 Å². The van der Waals surface area contributed by atoms with Gasteiger partial charge in [0.25, 0.3) is 0 Å². The van der Waals surface area contributed by atoms with Gasteiger partial charge in [-0.2, -0.15) is 15.0 Å². The Balaban J connectivity index is 1.61. The lowest BCUT2D eigenvalue weighted by atomic mass is 9.86. The lowest BCUT2D eigenvalue weighted by Gasteiger charge is -2.25. The van der Waals surface area contributed by atoms with E-state index in [9.17, 15) is 4.79 Å². The number of hydrogen-bond donors (Lipinski definition) is 2. The molecule has 0 aliphatic heterocycles. The summed E-state index contributed by atoms with van der Waals surface area (Å²) < 4.78 is 0. The van der Waals surface area contributed by atoms with Crippen molar-refractivity contribution < 1.29 is 4.79 Å². The van der Waals surface area contributed by atoms with E-state index in [-0.39, 0.29) is 17.9 Å². The number of nitrogens with zero attached hydrogens (tertiary/aromatic N) is 3. The molecule has 0 bridgehead atoms. The first-order valence-corrected chi connectivity index (χ1v) is 7.25. The average Bonchev–Trinajstić information content (AvgIpc) is 3.03. The van der Waals surface area contributed by atoms with E-state index in [0.717, 1.165) is 37.1 Å². The minimum Gasteiger partial charge on any atom is -0.328 e. The second kappa shape index (κ2) is 6.05. The van der Waals surface area contributed by atoms with Crippen LogP contribution in [-0.2, 0) is 4.79 Å². The number of amides is 1. The number of anilines is 1. The van der Waals surface area contributed by atoms with Crippen LogP contribution in [0.5, 0.6) is 0 Å². The molecule has 2 aromatic rings. The number of rotatable bonds is 3. The molecule has 1 aliphatic carbocycles. The normalized spacial score (nSPS) is 22.0. The zero-order chi connectivity index (χ0) is 14.7. The zero-order valence-electron chi connectivity index (χ0n) is 11.8. The smallest absolute Gasteiger partial charge is 0.227 e. The van der Waals surface area contributed by atoms with Crippen LogP contribution in [0.1, 0.15) is 25.7 Å². The van der Waals surface area contributed by atoms with Gasteiger partial charge in [-0.1, -0.05) is 0 Å². The van der Waals surface area contributed by atoms with Gasteiger partial charge >= 0.3 is 0 Å².